The van der Waals surface area contributed by atoms with E-state index < -0.39 is 0 Å². The van der Waals surface area contributed by atoms with Crippen LogP contribution in [0.5, 0.6) is 0 Å². The van der Waals surface area contributed by atoms with Gasteiger partial charge >= 0.3 is 0 Å². The van der Waals surface area contributed by atoms with E-state index in [-0.39, 0.29) is 0 Å². The molecule has 0 fully saturated rings. The Morgan fingerprint density at radius 3 is 1.40 bits per heavy atom. The summed E-state index contributed by atoms with van der Waals surface area (Å²) in [5.41, 5.74) is 13.3. The number of para-hydroxylation sites is 1. The molecular formula is C46H31NS. The van der Waals surface area contributed by atoms with E-state index >= 15 is 0 Å². The van der Waals surface area contributed by atoms with E-state index in [1.807, 2.05) is 11.3 Å². The van der Waals surface area contributed by atoms with Crippen LogP contribution in [0.1, 0.15) is 0 Å². The first-order valence-corrected chi connectivity index (χ1v) is 17.2. The molecule has 2 aromatic heterocycles. The first-order valence-electron chi connectivity index (χ1n) is 16.4. The lowest BCUT2D eigenvalue weighted by Gasteiger charge is -2.17. The minimum absolute atomic E-state index is 1.14. The van der Waals surface area contributed by atoms with Gasteiger partial charge in [0.25, 0.3) is 0 Å². The summed E-state index contributed by atoms with van der Waals surface area (Å²) in [6.07, 6.45) is 0. The molecular weight excluding hydrogens is 599 g/mol. The van der Waals surface area contributed by atoms with Crippen LogP contribution in [0.2, 0.25) is 0 Å². The first kappa shape index (κ1) is 28.3. The minimum atomic E-state index is 1.14. The van der Waals surface area contributed by atoms with Crippen molar-refractivity contribution in [3.05, 3.63) is 188 Å². The smallest absolute Gasteiger partial charge is 0.0726 e. The molecule has 7 aromatic carbocycles. The summed E-state index contributed by atoms with van der Waals surface area (Å²) in [5.74, 6) is 0. The average molecular weight is 630 g/mol. The Morgan fingerprint density at radius 2 is 0.812 bits per heavy atom. The molecule has 2 heteroatoms. The molecule has 9 rings (SSSR count). The number of fused-ring (bicyclic) bond motifs is 2. The highest BCUT2D eigenvalue weighted by atomic mass is 32.1. The molecule has 0 saturated carbocycles. The van der Waals surface area contributed by atoms with Crippen molar-refractivity contribution in [3.63, 3.8) is 0 Å². The van der Waals surface area contributed by atoms with E-state index in [2.05, 4.69) is 193 Å². The zero-order valence-electron chi connectivity index (χ0n) is 26.3. The second-order valence-corrected chi connectivity index (χ2v) is 13.2. The second kappa shape index (κ2) is 12.0. The predicted molar refractivity (Wildman–Crippen MR) is 206 cm³/mol. The average Bonchev–Trinajstić information content (AvgIpc) is 3.72. The SMILES string of the molecule is c1ccc(-c2cc(-c3ccccc3)cc(-n3c(-c4sc5ccccc5c4-c4ccccc4)c(-c4ccccc4)c4ccccc43)c2)cc1. The Balaban J connectivity index is 1.45. The zero-order chi connectivity index (χ0) is 31.9. The molecule has 1 nitrogen and oxygen atoms in total. The molecule has 0 aliphatic carbocycles. The number of thiophene rings is 1. The number of rotatable bonds is 6. The van der Waals surface area contributed by atoms with E-state index in [1.54, 1.807) is 0 Å². The molecule has 0 aliphatic heterocycles. The fraction of sp³-hybridized carbons (Fsp3) is 0. The fourth-order valence-corrected chi connectivity index (χ4v) is 8.33. The zero-order valence-corrected chi connectivity index (χ0v) is 27.1. The summed E-state index contributed by atoms with van der Waals surface area (Å²) in [6.45, 7) is 0. The Hall–Kier alpha value is -5.96. The molecule has 0 amide bonds. The Morgan fingerprint density at radius 1 is 0.354 bits per heavy atom. The van der Waals surface area contributed by atoms with Gasteiger partial charge in [0.2, 0.25) is 0 Å². The van der Waals surface area contributed by atoms with Gasteiger partial charge < -0.3 is 4.57 Å². The van der Waals surface area contributed by atoms with Crippen LogP contribution in [-0.4, -0.2) is 4.57 Å². The Kier molecular flexibility index (Phi) is 7.07. The summed E-state index contributed by atoms with van der Waals surface area (Å²) < 4.78 is 3.80. The lowest BCUT2D eigenvalue weighted by atomic mass is 9.96. The van der Waals surface area contributed by atoms with E-state index in [0.29, 0.717) is 0 Å². The van der Waals surface area contributed by atoms with Crippen molar-refractivity contribution in [1.82, 2.24) is 4.57 Å². The molecule has 9 aromatic rings. The van der Waals surface area contributed by atoms with Gasteiger partial charge in [-0.05, 0) is 63.7 Å². The number of aromatic nitrogens is 1. The van der Waals surface area contributed by atoms with Gasteiger partial charge in [0.1, 0.15) is 0 Å². The van der Waals surface area contributed by atoms with Crippen LogP contribution in [0.15, 0.2) is 188 Å². The van der Waals surface area contributed by atoms with Crippen LogP contribution in [0.3, 0.4) is 0 Å². The third kappa shape index (κ3) is 4.86. The normalized spacial score (nSPS) is 11.3. The molecule has 0 radical (unpaired) electrons. The number of nitrogens with zero attached hydrogens (tertiary/aromatic N) is 1. The number of benzene rings is 7. The van der Waals surface area contributed by atoms with Crippen LogP contribution in [0, 0.1) is 0 Å². The van der Waals surface area contributed by atoms with Gasteiger partial charge in [-0.1, -0.05) is 158 Å². The molecule has 48 heavy (non-hydrogen) atoms. The van der Waals surface area contributed by atoms with Crippen molar-refractivity contribution in [1.29, 1.82) is 0 Å². The van der Waals surface area contributed by atoms with Crippen molar-refractivity contribution in [2.24, 2.45) is 0 Å². The first-order chi connectivity index (χ1) is 23.8. The molecule has 0 aliphatic rings. The van der Waals surface area contributed by atoms with Gasteiger partial charge in [-0.3, -0.25) is 0 Å². The minimum Gasteiger partial charge on any atom is -0.308 e. The van der Waals surface area contributed by atoms with Gasteiger partial charge in [-0.15, -0.1) is 11.3 Å². The molecule has 2 heterocycles. The van der Waals surface area contributed by atoms with E-state index in [9.17, 15) is 0 Å². The maximum absolute atomic E-state index is 2.52. The molecule has 0 spiro atoms. The summed E-state index contributed by atoms with van der Waals surface area (Å²) in [6, 6.07) is 68.1. The van der Waals surface area contributed by atoms with Crippen molar-refractivity contribution in [2.75, 3.05) is 0 Å². The molecule has 0 unspecified atom stereocenters. The maximum Gasteiger partial charge on any atom is 0.0726 e. The Bertz CT molecular complexity index is 2470. The van der Waals surface area contributed by atoms with Gasteiger partial charge in [0, 0.05) is 32.3 Å². The monoisotopic (exact) mass is 629 g/mol. The molecule has 0 saturated heterocycles. The second-order valence-electron chi connectivity index (χ2n) is 12.1. The van der Waals surface area contributed by atoms with Crippen LogP contribution < -0.4 is 0 Å². The van der Waals surface area contributed by atoms with Gasteiger partial charge in [0.15, 0.2) is 0 Å². The largest absolute Gasteiger partial charge is 0.308 e. The Labute approximate surface area is 284 Å². The van der Waals surface area contributed by atoms with Crippen molar-refractivity contribution >= 4 is 32.3 Å². The highest BCUT2D eigenvalue weighted by molar-refractivity contribution is 7.23. The number of hydrogen-bond donors (Lipinski definition) is 0. The van der Waals surface area contributed by atoms with Crippen molar-refractivity contribution in [2.45, 2.75) is 0 Å². The van der Waals surface area contributed by atoms with Crippen LogP contribution in [-0.2, 0) is 0 Å². The van der Waals surface area contributed by atoms with Crippen LogP contribution in [0.25, 0.3) is 81.8 Å². The van der Waals surface area contributed by atoms with Crippen LogP contribution in [0.4, 0.5) is 0 Å². The van der Waals surface area contributed by atoms with E-state index in [4.69, 9.17) is 0 Å². The highest BCUT2D eigenvalue weighted by Crippen LogP contribution is 2.51. The molecule has 0 atom stereocenters. The number of hydrogen-bond acceptors (Lipinski definition) is 1. The lowest BCUT2D eigenvalue weighted by Crippen LogP contribution is -1.99. The topological polar surface area (TPSA) is 4.93 Å². The molecule has 226 valence electrons. The molecule has 0 bridgehead atoms. The van der Waals surface area contributed by atoms with E-state index in [1.165, 1.54) is 76.1 Å². The summed E-state index contributed by atoms with van der Waals surface area (Å²) in [5, 5.41) is 2.52. The predicted octanol–water partition coefficient (Wildman–Crippen LogP) is 13.2. The van der Waals surface area contributed by atoms with Crippen LogP contribution >= 0.6 is 11.3 Å². The van der Waals surface area contributed by atoms with Gasteiger partial charge in [-0.25, -0.2) is 0 Å². The van der Waals surface area contributed by atoms with Gasteiger partial charge in [0.05, 0.1) is 16.1 Å². The van der Waals surface area contributed by atoms with Gasteiger partial charge in [-0.2, -0.15) is 0 Å². The van der Waals surface area contributed by atoms with Crippen molar-refractivity contribution < 1.29 is 0 Å². The third-order valence-corrected chi connectivity index (χ3v) is 10.4. The third-order valence-electron chi connectivity index (χ3n) is 9.20. The lowest BCUT2D eigenvalue weighted by molar-refractivity contribution is 1.14. The highest BCUT2D eigenvalue weighted by Gasteiger charge is 2.26. The fourth-order valence-electron chi connectivity index (χ4n) is 7.06. The van der Waals surface area contributed by atoms with Crippen molar-refractivity contribution in [3.8, 4) is 60.8 Å². The summed E-state index contributed by atoms with van der Waals surface area (Å²) >= 11 is 1.89. The standard InChI is InChI=1S/C46H31NS/c1-5-17-32(18-6-1)36-29-37(33-19-7-2-8-20-33)31-38(30-36)47-41-27-15-13-25-39(41)43(34-21-9-3-10-22-34)45(47)46-44(35-23-11-4-12-24-35)40-26-14-16-28-42(40)48-46/h1-31H. The molecule has 0 N–H and O–H groups in total. The maximum atomic E-state index is 2.52. The quantitative estimate of drug-likeness (QED) is 0.172. The summed E-state index contributed by atoms with van der Waals surface area (Å²) in [7, 11) is 0. The summed E-state index contributed by atoms with van der Waals surface area (Å²) in [4.78, 5) is 1.27. The van der Waals surface area contributed by atoms with E-state index in [0.717, 1.165) is 5.69 Å².